The quantitative estimate of drug-likeness (QED) is 0.630. The van der Waals surface area contributed by atoms with Gasteiger partial charge in [-0.1, -0.05) is 36.8 Å². The molecule has 35 heavy (non-hydrogen) atoms. The molecule has 0 radical (unpaired) electrons. The van der Waals surface area contributed by atoms with Gasteiger partial charge in [-0.05, 0) is 90.9 Å². The highest BCUT2D eigenvalue weighted by atomic mass is 16.7. The van der Waals surface area contributed by atoms with E-state index in [1.165, 1.54) is 16.8 Å². The van der Waals surface area contributed by atoms with Crippen molar-refractivity contribution in [3.05, 3.63) is 53.1 Å². The third-order valence-corrected chi connectivity index (χ3v) is 10.2. The van der Waals surface area contributed by atoms with Crippen molar-refractivity contribution >= 4 is 11.5 Å². The lowest BCUT2D eigenvalue weighted by atomic mass is 9.47. The topological polar surface area (TPSA) is 59.0 Å². The summed E-state index contributed by atoms with van der Waals surface area (Å²) in [7, 11) is 4.15. The molecule has 4 aliphatic carbocycles. The monoisotopic (exact) mass is 477 g/mol. The molecule has 2 saturated carbocycles. The molecule has 188 valence electrons. The van der Waals surface area contributed by atoms with Crippen LogP contribution in [-0.4, -0.2) is 50.1 Å². The third-order valence-electron chi connectivity index (χ3n) is 10.2. The minimum atomic E-state index is -0.849. The Labute approximate surface area is 209 Å². The molecule has 5 aliphatic rings. The number of carbonyl (C=O) groups is 1. The summed E-state index contributed by atoms with van der Waals surface area (Å²) in [5, 5.41) is 11.3. The first-order chi connectivity index (χ1) is 16.7. The highest BCUT2D eigenvalue weighted by Crippen LogP contribution is 2.66. The van der Waals surface area contributed by atoms with E-state index in [1.807, 2.05) is 0 Å². The van der Waals surface area contributed by atoms with Crippen LogP contribution < -0.4 is 4.90 Å². The number of nitrogens with zero attached hydrogens (tertiary/aromatic N) is 1. The molecule has 0 bridgehead atoms. The summed E-state index contributed by atoms with van der Waals surface area (Å²) >= 11 is 0. The van der Waals surface area contributed by atoms with Crippen molar-refractivity contribution < 1.29 is 19.4 Å². The zero-order valence-corrected chi connectivity index (χ0v) is 21.5. The predicted octanol–water partition coefficient (Wildman–Crippen LogP) is 4.86. The van der Waals surface area contributed by atoms with Gasteiger partial charge in [-0.15, -0.1) is 0 Å². The van der Waals surface area contributed by atoms with Crippen LogP contribution in [0, 0.1) is 29.1 Å². The third kappa shape index (κ3) is 3.49. The molecule has 1 heterocycles. The molecule has 7 atom stereocenters. The molecule has 0 aromatic heterocycles. The Kier molecular flexibility index (Phi) is 5.55. The molecule has 1 N–H and O–H groups in total. The van der Waals surface area contributed by atoms with Gasteiger partial charge in [0, 0.05) is 26.2 Å². The summed E-state index contributed by atoms with van der Waals surface area (Å²) in [5.74, 6) is 1.48. The number of ketones is 1. The van der Waals surface area contributed by atoms with Crippen molar-refractivity contribution in [1.82, 2.24) is 0 Å². The molecule has 1 unspecified atom stereocenters. The normalized spacial score (nSPS) is 39.3. The number of hydrogen-bond acceptors (Lipinski definition) is 5. The first kappa shape index (κ1) is 23.4. The number of rotatable bonds is 3. The van der Waals surface area contributed by atoms with Gasteiger partial charge in [0.2, 0.25) is 0 Å². The number of carbonyl (C=O) groups excluding carboxylic acids is 1. The second kappa shape index (κ2) is 8.29. The average molecular weight is 478 g/mol. The van der Waals surface area contributed by atoms with Gasteiger partial charge in [0.1, 0.15) is 6.10 Å². The van der Waals surface area contributed by atoms with Gasteiger partial charge in [0.05, 0.1) is 13.2 Å². The Morgan fingerprint density at radius 2 is 1.77 bits per heavy atom. The molecule has 1 aliphatic heterocycles. The highest BCUT2D eigenvalue weighted by Gasteiger charge is 2.60. The Morgan fingerprint density at radius 3 is 2.43 bits per heavy atom. The van der Waals surface area contributed by atoms with E-state index < -0.39 is 11.9 Å². The number of aliphatic hydroxyl groups excluding tert-OH is 1. The summed E-state index contributed by atoms with van der Waals surface area (Å²) in [5.41, 5.74) is 4.93. The SMILES string of the molecule is CC(=O)C1=CC[C@H]2[C@@H]3CC=C4CC5(OCCO5)C(O)C[C@@H]4[C@H]3[C@H](c3ccc(N(C)C)cc3)C[C@]12C. The molecule has 1 aromatic rings. The van der Waals surface area contributed by atoms with Gasteiger partial charge in [0.15, 0.2) is 11.6 Å². The Balaban J connectivity index is 1.41. The predicted molar refractivity (Wildman–Crippen MR) is 136 cm³/mol. The number of fused-ring (bicyclic) bond motifs is 5. The minimum absolute atomic E-state index is 0.0879. The van der Waals surface area contributed by atoms with Gasteiger partial charge in [0.25, 0.3) is 0 Å². The van der Waals surface area contributed by atoms with Crippen molar-refractivity contribution in [3.63, 3.8) is 0 Å². The van der Waals surface area contributed by atoms with Crippen LogP contribution in [0.5, 0.6) is 0 Å². The number of allylic oxidation sites excluding steroid dienone is 3. The zero-order valence-electron chi connectivity index (χ0n) is 21.5. The van der Waals surface area contributed by atoms with E-state index in [4.69, 9.17) is 9.47 Å². The van der Waals surface area contributed by atoms with E-state index >= 15 is 0 Å². The summed E-state index contributed by atoms with van der Waals surface area (Å²) in [4.78, 5) is 14.8. The number of Topliss-reactive ketones (excluding diaryl/α,β-unsaturated/α-hetero) is 1. The maximum absolute atomic E-state index is 12.7. The fourth-order valence-electron chi connectivity index (χ4n) is 8.60. The number of aliphatic hydroxyl groups is 1. The van der Waals surface area contributed by atoms with Crippen LogP contribution in [-0.2, 0) is 14.3 Å². The number of hydrogen-bond donors (Lipinski definition) is 1. The van der Waals surface area contributed by atoms with Crippen molar-refractivity contribution in [2.75, 3.05) is 32.2 Å². The fourth-order valence-corrected chi connectivity index (χ4v) is 8.60. The molecule has 3 fully saturated rings. The van der Waals surface area contributed by atoms with E-state index in [-0.39, 0.29) is 11.2 Å². The fraction of sp³-hybridized carbons (Fsp3) is 0.633. The van der Waals surface area contributed by atoms with Crippen LogP contribution in [0.3, 0.4) is 0 Å². The van der Waals surface area contributed by atoms with Crippen LogP contribution in [0.25, 0.3) is 0 Å². The van der Waals surface area contributed by atoms with Crippen LogP contribution >= 0.6 is 0 Å². The van der Waals surface area contributed by atoms with Crippen molar-refractivity contribution in [3.8, 4) is 0 Å². The van der Waals surface area contributed by atoms with E-state index in [0.29, 0.717) is 55.6 Å². The second-order valence-corrected chi connectivity index (χ2v) is 12.0. The second-order valence-electron chi connectivity index (χ2n) is 12.0. The van der Waals surface area contributed by atoms with E-state index in [0.717, 1.165) is 24.8 Å². The number of ether oxygens (including phenoxy) is 2. The van der Waals surface area contributed by atoms with Crippen LogP contribution in [0.4, 0.5) is 5.69 Å². The van der Waals surface area contributed by atoms with E-state index in [1.54, 1.807) is 6.92 Å². The van der Waals surface area contributed by atoms with Crippen LogP contribution in [0.2, 0.25) is 0 Å². The van der Waals surface area contributed by atoms with Crippen molar-refractivity contribution in [2.45, 2.75) is 63.8 Å². The minimum Gasteiger partial charge on any atom is -0.387 e. The molecule has 1 aromatic carbocycles. The van der Waals surface area contributed by atoms with Crippen molar-refractivity contribution in [1.29, 1.82) is 0 Å². The summed E-state index contributed by atoms with van der Waals surface area (Å²) in [6.45, 7) is 5.20. The maximum Gasteiger partial charge on any atom is 0.198 e. The largest absolute Gasteiger partial charge is 0.387 e. The van der Waals surface area contributed by atoms with Gasteiger partial charge in [-0.25, -0.2) is 0 Å². The van der Waals surface area contributed by atoms with Gasteiger partial charge >= 0.3 is 0 Å². The molecule has 5 heteroatoms. The van der Waals surface area contributed by atoms with Crippen LogP contribution in [0.1, 0.15) is 57.4 Å². The molecule has 5 nitrogen and oxygen atoms in total. The lowest BCUT2D eigenvalue weighted by Crippen LogP contribution is -2.55. The smallest absolute Gasteiger partial charge is 0.198 e. The molecule has 1 spiro atoms. The Hall–Kier alpha value is -1.95. The highest BCUT2D eigenvalue weighted by molar-refractivity contribution is 5.95. The van der Waals surface area contributed by atoms with Crippen LogP contribution in [0.15, 0.2) is 47.6 Å². The molecular weight excluding hydrogens is 438 g/mol. The molecule has 1 saturated heterocycles. The Bertz CT molecular complexity index is 1070. The van der Waals surface area contributed by atoms with E-state index in [2.05, 4.69) is 62.3 Å². The number of anilines is 1. The summed E-state index contributed by atoms with van der Waals surface area (Å²) < 4.78 is 12.0. The average Bonchev–Trinajstić information content (AvgIpc) is 3.44. The number of benzene rings is 1. The van der Waals surface area contributed by atoms with Gasteiger partial charge < -0.3 is 19.5 Å². The van der Waals surface area contributed by atoms with Gasteiger partial charge in [-0.3, -0.25) is 4.79 Å². The zero-order chi connectivity index (χ0) is 24.5. The first-order valence-electron chi connectivity index (χ1n) is 13.4. The van der Waals surface area contributed by atoms with Gasteiger partial charge in [-0.2, -0.15) is 0 Å². The Morgan fingerprint density at radius 1 is 1.06 bits per heavy atom. The molecule has 0 amide bonds. The lowest BCUT2D eigenvalue weighted by Gasteiger charge is -2.57. The summed E-state index contributed by atoms with van der Waals surface area (Å²) in [6, 6.07) is 9.04. The van der Waals surface area contributed by atoms with Crippen molar-refractivity contribution in [2.24, 2.45) is 29.1 Å². The molecule has 6 rings (SSSR count). The molecular formula is C30H39NO4. The lowest BCUT2D eigenvalue weighted by molar-refractivity contribution is -0.236. The van der Waals surface area contributed by atoms with E-state index in [9.17, 15) is 9.90 Å². The standard InChI is InChI=1S/C30H39NO4/c1-18(32)25-11-12-26-22-10-7-20-16-30(34-13-14-35-30)27(33)15-23(20)28(22)24(17-29(25,26)2)19-5-8-21(9-6-19)31(3)4/h5-9,11,22-24,26-28,33H,10,12-17H2,1-4H3/t22-,23-,24-,26-,27?,28-,29+/m0/s1. The maximum atomic E-state index is 12.7. The first-order valence-corrected chi connectivity index (χ1v) is 13.4. The summed E-state index contributed by atoms with van der Waals surface area (Å²) in [6.07, 6.45) is 8.46.